The molecule has 0 aliphatic heterocycles. The van der Waals surface area contributed by atoms with Crippen molar-refractivity contribution in [3.05, 3.63) is 58.1 Å². The Morgan fingerprint density at radius 1 is 1.25 bits per heavy atom. The predicted molar refractivity (Wildman–Crippen MR) is 114 cm³/mol. The van der Waals surface area contributed by atoms with Crippen LogP contribution in [0.15, 0.2) is 46.1 Å². The maximum Gasteiger partial charge on any atom is 0.239 e. The van der Waals surface area contributed by atoms with E-state index in [2.05, 4.69) is 33.2 Å². The molecule has 1 aliphatic rings. The number of benzene rings is 1. The quantitative estimate of drug-likeness (QED) is 0.403. The van der Waals surface area contributed by atoms with Gasteiger partial charge in [0.15, 0.2) is 5.78 Å². The Balaban J connectivity index is 2.08. The second kappa shape index (κ2) is 10.4. The van der Waals surface area contributed by atoms with E-state index in [1.54, 1.807) is 24.6 Å². The van der Waals surface area contributed by atoms with E-state index < -0.39 is 29.8 Å². The predicted octanol–water partition coefficient (Wildman–Crippen LogP) is 1.16. The van der Waals surface area contributed by atoms with Gasteiger partial charge < -0.3 is 21.5 Å². The van der Waals surface area contributed by atoms with Gasteiger partial charge in [-0.1, -0.05) is 30.4 Å². The van der Waals surface area contributed by atoms with Crippen molar-refractivity contribution in [2.24, 2.45) is 11.7 Å². The van der Waals surface area contributed by atoms with Crippen LogP contribution in [0.5, 0.6) is 5.75 Å². The second-order valence-corrected chi connectivity index (χ2v) is 7.77. The smallest absolute Gasteiger partial charge is 0.239 e. The number of carbonyl (C=O) groups excluding carboxylic acids is 3. The Kier molecular flexibility index (Phi) is 8.18. The van der Waals surface area contributed by atoms with Crippen molar-refractivity contribution in [3.63, 3.8) is 0 Å². The number of aromatic hydroxyl groups is 1. The Morgan fingerprint density at radius 3 is 2.50 bits per heavy atom. The Hall–Kier alpha value is -2.20. The number of halogens is 1. The first-order valence-electron chi connectivity index (χ1n) is 8.79. The van der Waals surface area contributed by atoms with Gasteiger partial charge in [0.2, 0.25) is 11.8 Å². The van der Waals surface area contributed by atoms with Crippen LogP contribution in [0, 0.1) is 12.3 Å². The summed E-state index contributed by atoms with van der Waals surface area (Å²) in [7, 11) is 0. The highest BCUT2D eigenvalue weighted by Crippen LogP contribution is 2.22. The molecule has 3 atom stereocenters. The summed E-state index contributed by atoms with van der Waals surface area (Å²) in [6.45, 7) is 1.26. The normalized spacial score (nSPS) is 18.0. The van der Waals surface area contributed by atoms with Crippen LogP contribution in [-0.2, 0) is 20.8 Å². The topological polar surface area (TPSA) is 122 Å². The van der Waals surface area contributed by atoms with Crippen LogP contribution in [0.1, 0.15) is 12.5 Å². The van der Waals surface area contributed by atoms with Crippen molar-refractivity contribution in [1.82, 2.24) is 10.6 Å². The number of Topliss-reactive ketones (excluding diaryl/α,β-unsaturated/α-hetero) is 1. The lowest BCUT2D eigenvalue weighted by molar-refractivity contribution is -0.129. The maximum atomic E-state index is 13.0. The minimum Gasteiger partial charge on any atom is -0.508 e. The number of hydrogen-bond acceptors (Lipinski definition) is 5. The largest absolute Gasteiger partial charge is 0.508 e. The molecule has 2 amide bonds. The number of ketones is 1. The first-order valence-corrected chi connectivity index (χ1v) is 9.87. The van der Waals surface area contributed by atoms with Crippen molar-refractivity contribution in [1.29, 1.82) is 0 Å². The molecule has 0 bridgehead atoms. The molecule has 7 nitrogen and oxygen atoms in total. The number of phenols is 1. The molecule has 0 saturated carbocycles. The lowest BCUT2D eigenvalue weighted by Crippen LogP contribution is -2.49. The summed E-state index contributed by atoms with van der Waals surface area (Å²) in [5, 5.41) is 14.6. The van der Waals surface area contributed by atoms with E-state index in [0.29, 0.717) is 0 Å². The number of hydrogen-bond donors (Lipinski definition) is 4. The summed E-state index contributed by atoms with van der Waals surface area (Å²) in [6.07, 6.45) is 7.55. The number of phenolic OH excluding ortho intramolecular Hbond substituents is 1. The first kappa shape index (κ1) is 22.1. The van der Waals surface area contributed by atoms with Gasteiger partial charge in [-0.15, -0.1) is 0 Å². The third-order valence-corrected chi connectivity index (χ3v) is 4.86. The van der Waals surface area contributed by atoms with E-state index in [0.717, 1.165) is 9.14 Å². The summed E-state index contributed by atoms with van der Waals surface area (Å²) >= 11 is 2.16. The van der Waals surface area contributed by atoms with Crippen molar-refractivity contribution in [2.45, 2.75) is 25.4 Å². The zero-order valence-corrected chi connectivity index (χ0v) is 17.5. The van der Waals surface area contributed by atoms with Crippen molar-refractivity contribution >= 4 is 40.2 Å². The van der Waals surface area contributed by atoms with E-state index in [9.17, 15) is 19.5 Å². The summed E-state index contributed by atoms with van der Waals surface area (Å²) in [5.41, 5.74) is 6.25. The molecule has 2 rings (SSSR count). The fourth-order valence-electron chi connectivity index (χ4n) is 2.60. The summed E-state index contributed by atoms with van der Waals surface area (Å²) in [4.78, 5) is 36.8. The molecule has 0 heterocycles. The molecule has 8 heteroatoms. The van der Waals surface area contributed by atoms with Gasteiger partial charge in [0, 0.05) is 9.50 Å². The highest BCUT2D eigenvalue weighted by Gasteiger charge is 2.28. The van der Waals surface area contributed by atoms with E-state index >= 15 is 0 Å². The number of amides is 2. The average Bonchev–Trinajstić information content (AvgIpc) is 2.67. The van der Waals surface area contributed by atoms with Crippen molar-refractivity contribution in [2.75, 3.05) is 6.54 Å². The van der Waals surface area contributed by atoms with E-state index in [-0.39, 0.29) is 24.5 Å². The Labute approximate surface area is 177 Å². The number of nitrogens with one attached hydrogen (secondary N) is 2. The van der Waals surface area contributed by atoms with Gasteiger partial charge in [-0.3, -0.25) is 14.4 Å². The maximum absolute atomic E-state index is 13.0. The van der Waals surface area contributed by atoms with Crippen LogP contribution in [0.3, 0.4) is 0 Å². The molecular formula is C20H23IN3O4. The lowest BCUT2D eigenvalue weighted by Gasteiger charge is -2.23. The monoisotopic (exact) mass is 496 g/mol. The molecule has 1 radical (unpaired) electrons. The fraction of sp³-hybridized carbons (Fsp3) is 0.300. The van der Waals surface area contributed by atoms with Crippen LogP contribution >= 0.6 is 22.6 Å². The van der Waals surface area contributed by atoms with Crippen LogP contribution < -0.4 is 16.4 Å². The second-order valence-electron chi connectivity index (χ2n) is 6.53. The minimum atomic E-state index is -0.778. The highest BCUT2D eigenvalue weighted by molar-refractivity contribution is 14.1. The zero-order valence-electron chi connectivity index (χ0n) is 15.4. The van der Waals surface area contributed by atoms with E-state index in [1.165, 1.54) is 19.1 Å². The van der Waals surface area contributed by atoms with Gasteiger partial charge in [-0.25, -0.2) is 0 Å². The highest BCUT2D eigenvalue weighted by atomic mass is 127. The van der Waals surface area contributed by atoms with Gasteiger partial charge in [-0.2, -0.15) is 0 Å². The number of rotatable bonds is 8. The number of carbonyl (C=O) groups is 3. The van der Waals surface area contributed by atoms with Crippen molar-refractivity contribution in [3.8, 4) is 5.75 Å². The molecule has 1 aromatic carbocycles. The van der Waals surface area contributed by atoms with Gasteiger partial charge in [0.25, 0.3) is 0 Å². The molecule has 0 spiro atoms. The van der Waals surface area contributed by atoms with Gasteiger partial charge in [0.05, 0.1) is 18.6 Å². The summed E-state index contributed by atoms with van der Waals surface area (Å²) in [6, 6.07) is 4.95. The zero-order chi connectivity index (χ0) is 20.7. The van der Waals surface area contributed by atoms with Gasteiger partial charge in [-0.05, 0) is 60.1 Å². The molecular weight excluding hydrogens is 473 g/mol. The van der Waals surface area contributed by atoms with Crippen LogP contribution in [-0.4, -0.2) is 41.3 Å². The fourth-order valence-corrected chi connectivity index (χ4v) is 3.01. The van der Waals surface area contributed by atoms with Gasteiger partial charge >= 0.3 is 0 Å². The molecule has 0 saturated heterocycles. The molecule has 28 heavy (non-hydrogen) atoms. The molecule has 5 N–H and O–H groups in total. The molecule has 149 valence electrons. The SMILES string of the molecule is C[C@@H](N)C(=O)NCC(=O)N[C@@H](Cc1ccc(O)cc1)C(=O)C1[CH]C=C(I)C=C1. The Morgan fingerprint density at radius 2 is 1.93 bits per heavy atom. The number of nitrogens with two attached hydrogens (primary N) is 1. The molecule has 1 aliphatic carbocycles. The van der Waals surface area contributed by atoms with Crippen molar-refractivity contribution < 1.29 is 19.5 Å². The molecule has 0 aromatic heterocycles. The minimum absolute atomic E-state index is 0.123. The molecule has 1 aromatic rings. The standard InChI is InChI=1S/C20H23IN3O4/c1-12(22)20(28)23-11-18(26)24-17(10-13-2-8-16(25)9-3-13)19(27)14-4-6-15(21)7-5-14/h2-9,12,14,17,25H,10-11,22H2,1H3,(H,23,28)(H,24,26)/t12-,17+/m1/s1. The lowest BCUT2D eigenvalue weighted by atomic mass is 9.89. The average molecular weight is 496 g/mol. The molecule has 0 fully saturated rings. The molecule has 1 unspecified atom stereocenters. The van der Waals surface area contributed by atoms with E-state index in [1.807, 2.05) is 12.2 Å². The van der Waals surface area contributed by atoms with Crippen LogP contribution in [0.4, 0.5) is 0 Å². The first-order chi connectivity index (χ1) is 13.3. The number of allylic oxidation sites excluding steroid dienone is 4. The summed E-state index contributed by atoms with van der Waals surface area (Å²) < 4.78 is 1.01. The third kappa shape index (κ3) is 6.75. The summed E-state index contributed by atoms with van der Waals surface area (Å²) in [5.74, 6) is -1.40. The Bertz CT molecular complexity index is 787. The van der Waals surface area contributed by atoms with Crippen LogP contribution in [0.25, 0.3) is 0 Å². The van der Waals surface area contributed by atoms with E-state index in [4.69, 9.17) is 5.73 Å². The van der Waals surface area contributed by atoms with Gasteiger partial charge in [0.1, 0.15) is 5.75 Å². The van der Waals surface area contributed by atoms with Crippen LogP contribution in [0.2, 0.25) is 0 Å². The third-order valence-electron chi connectivity index (χ3n) is 4.15.